The van der Waals surface area contributed by atoms with Gasteiger partial charge in [0.25, 0.3) is 0 Å². The van der Waals surface area contributed by atoms with Crippen molar-refractivity contribution in [2.24, 2.45) is 5.73 Å². The normalized spacial score (nSPS) is 15.9. The maximum absolute atomic E-state index is 16.3. The minimum Gasteiger partial charge on any atom is -0.494 e. The topological polar surface area (TPSA) is 78.1 Å². The van der Waals surface area contributed by atoms with Crippen LogP contribution >= 0.6 is 11.3 Å². The standard InChI is InChI=1S/C29H29F2N3O2S/c1-16-10-22(17-6-8-20(30)9-7-17)33-23(11-16)21(15-32)29(2,31)14-24(35)19-12-25(36-3)27-26(13-19)37-28(34-27)18-4-5-18/h6-13,18,21H,4-5,14-15,32H2,1-3H3. The SMILES string of the molecule is COc1cc(C(=O)CC(C)(F)C(CN)c2cc(C)cc(-c3ccc(F)cc3)n2)cc2sc(C3CC3)nc12. The first-order chi connectivity index (χ1) is 17.7. The van der Waals surface area contributed by atoms with Gasteiger partial charge in [0.05, 0.1) is 22.5 Å². The van der Waals surface area contributed by atoms with E-state index in [-0.39, 0.29) is 24.6 Å². The number of alkyl halides is 1. The Kier molecular flexibility index (Phi) is 6.81. The Labute approximate surface area is 218 Å². The van der Waals surface area contributed by atoms with Crippen LogP contribution in [0, 0.1) is 12.7 Å². The van der Waals surface area contributed by atoms with Gasteiger partial charge >= 0.3 is 0 Å². The second-order valence-corrected chi connectivity index (χ2v) is 11.0. The number of hydrogen-bond acceptors (Lipinski definition) is 6. The molecular formula is C29H29F2N3O2S. The third-order valence-electron chi connectivity index (χ3n) is 6.90. The zero-order chi connectivity index (χ0) is 26.3. The van der Waals surface area contributed by atoms with Crippen molar-refractivity contribution in [3.05, 3.63) is 76.2 Å². The smallest absolute Gasteiger partial charge is 0.166 e. The van der Waals surface area contributed by atoms with Crippen molar-refractivity contribution in [1.82, 2.24) is 9.97 Å². The van der Waals surface area contributed by atoms with Gasteiger partial charge in [-0.25, -0.2) is 13.8 Å². The maximum Gasteiger partial charge on any atom is 0.166 e. The molecule has 0 bridgehead atoms. The van der Waals surface area contributed by atoms with E-state index in [0.29, 0.717) is 34.2 Å². The van der Waals surface area contributed by atoms with Crippen LogP contribution in [-0.2, 0) is 0 Å². The van der Waals surface area contributed by atoms with Crippen LogP contribution in [0.5, 0.6) is 5.75 Å². The molecule has 0 amide bonds. The number of Topliss-reactive ketones (excluding diaryl/α,β-unsaturated/α-hetero) is 1. The number of fused-ring (bicyclic) bond motifs is 1. The third-order valence-corrected chi connectivity index (χ3v) is 8.06. The maximum atomic E-state index is 16.3. The highest BCUT2D eigenvalue weighted by Crippen LogP contribution is 2.45. The van der Waals surface area contributed by atoms with Crippen molar-refractivity contribution in [2.45, 2.75) is 50.6 Å². The molecule has 1 aliphatic carbocycles. The Morgan fingerprint density at radius 3 is 2.57 bits per heavy atom. The van der Waals surface area contributed by atoms with Crippen molar-refractivity contribution < 1.29 is 18.3 Å². The zero-order valence-corrected chi connectivity index (χ0v) is 21.9. The van der Waals surface area contributed by atoms with Crippen molar-refractivity contribution in [2.75, 3.05) is 13.7 Å². The summed E-state index contributed by atoms with van der Waals surface area (Å²) in [5.41, 5.74) is 7.88. The van der Waals surface area contributed by atoms with Crippen molar-refractivity contribution in [3.8, 4) is 17.0 Å². The molecule has 1 fully saturated rings. The number of carbonyl (C=O) groups is 1. The number of methoxy groups -OCH3 is 1. The Hall–Kier alpha value is -3.23. The van der Waals surface area contributed by atoms with Gasteiger partial charge in [-0.1, -0.05) is 0 Å². The average molecular weight is 522 g/mol. The molecule has 0 spiro atoms. The van der Waals surface area contributed by atoms with Gasteiger partial charge in [0.15, 0.2) is 5.78 Å². The van der Waals surface area contributed by atoms with Crippen LogP contribution in [0.4, 0.5) is 8.78 Å². The van der Waals surface area contributed by atoms with E-state index in [1.807, 2.05) is 13.0 Å². The van der Waals surface area contributed by atoms with E-state index in [2.05, 4.69) is 4.98 Å². The summed E-state index contributed by atoms with van der Waals surface area (Å²) in [7, 11) is 1.55. The summed E-state index contributed by atoms with van der Waals surface area (Å²) >= 11 is 1.57. The minimum atomic E-state index is -1.96. The van der Waals surface area contributed by atoms with Crippen LogP contribution < -0.4 is 10.5 Å². The fraction of sp³-hybridized carbons (Fsp3) is 0.345. The van der Waals surface area contributed by atoms with Crippen molar-refractivity contribution in [3.63, 3.8) is 0 Å². The monoisotopic (exact) mass is 521 g/mol. The van der Waals surface area contributed by atoms with Crippen LogP contribution in [0.25, 0.3) is 21.5 Å². The molecule has 0 radical (unpaired) electrons. The molecule has 2 aromatic carbocycles. The number of aryl methyl sites for hydroxylation is 1. The first-order valence-electron chi connectivity index (χ1n) is 12.3. The zero-order valence-electron chi connectivity index (χ0n) is 21.1. The van der Waals surface area contributed by atoms with Gasteiger partial charge in [-0.3, -0.25) is 9.78 Å². The molecule has 5 rings (SSSR count). The van der Waals surface area contributed by atoms with Gasteiger partial charge in [-0.05, 0) is 80.8 Å². The van der Waals surface area contributed by atoms with Crippen LogP contribution in [0.15, 0.2) is 48.5 Å². The lowest BCUT2D eigenvalue weighted by atomic mass is 9.82. The first-order valence-corrected chi connectivity index (χ1v) is 13.2. The van der Waals surface area contributed by atoms with E-state index >= 15 is 4.39 Å². The van der Waals surface area contributed by atoms with E-state index in [0.717, 1.165) is 33.6 Å². The van der Waals surface area contributed by atoms with E-state index in [1.165, 1.54) is 19.1 Å². The fourth-order valence-electron chi connectivity index (χ4n) is 4.69. The number of halogens is 2. The Morgan fingerprint density at radius 1 is 1.19 bits per heavy atom. The summed E-state index contributed by atoms with van der Waals surface area (Å²) in [6, 6.07) is 13.1. The molecule has 1 aliphatic rings. The molecule has 2 unspecified atom stereocenters. The van der Waals surface area contributed by atoms with Crippen molar-refractivity contribution in [1.29, 1.82) is 0 Å². The third kappa shape index (κ3) is 5.26. The largest absolute Gasteiger partial charge is 0.494 e. The van der Waals surface area contributed by atoms with E-state index in [9.17, 15) is 9.18 Å². The number of pyridine rings is 1. The molecule has 4 aromatic rings. The Morgan fingerprint density at radius 2 is 1.92 bits per heavy atom. The number of ketones is 1. The van der Waals surface area contributed by atoms with Crippen LogP contribution in [-0.4, -0.2) is 35.1 Å². The second-order valence-electron chi connectivity index (χ2n) is 9.98. The van der Waals surface area contributed by atoms with E-state index in [4.69, 9.17) is 15.5 Å². The van der Waals surface area contributed by atoms with Crippen molar-refractivity contribution >= 4 is 27.3 Å². The molecule has 0 aliphatic heterocycles. The molecule has 37 heavy (non-hydrogen) atoms. The average Bonchev–Trinajstić information content (AvgIpc) is 3.62. The van der Waals surface area contributed by atoms with Gasteiger partial charge in [-0.2, -0.15) is 0 Å². The molecular weight excluding hydrogens is 492 g/mol. The molecule has 2 atom stereocenters. The Balaban J connectivity index is 1.43. The van der Waals surface area contributed by atoms with Gasteiger partial charge in [0, 0.05) is 41.6 Å². The number of ether oxygens (including phenoxy) is 1. The van der Waals surface area contributed by atoms with Gasteiger partial charge in [0.2, 0.25) is 0 Å². The van der Waals surface area contributed by atoms with E-state index < -0.39 is 11.6 Å². The quantitative estimate of drug-likeness (QED) is 0.247. The first kappa shape index (κ1) is 25.4. The number of carbonyl (C=O) groups excluding carboxylic acids is 1. The Bertz CT molecular complexity index is 1460. The number of nitrogens with zero attached hydrogens (tertiary/aromatic N) is 2. The lowest BCUT2D eigenvalue weighted by Crippen LogP contribution is -2.36. The highest BCUT2D eigenvalue weighted by Gasteiger charge is 2.38. The number of benzene rings is 2. The summed E-state index contributed by atoms with van der Waals surface area (Å²) in [6.07, 6.45) is 1.90. The second kappa shape index (κ2) is 9.91. The summed E-state index contributed by atoms with van der Waals surface area (Å²) in [4.78, 5) is 22.7. The predicted molar refractivity (Wildman–Crippen MR) is 143 cm³/mol. The lowest BCUT2D eigenvalue weighted by Gasteiger charge is -2.29. The van der Waals surface area contributed by atoms with Gasteiger partial charge in [-0.15, -0.1) is 11.3 Å². The predicted octanol–water partition coefficient (Wildman–Crippen LogP) is 6.74. The molecule has 2 aromatic heterocycles. The lowest BCUT2D eigenvalue weighted by molar-refractivity contribution is 0.0811. The number of aromatic nitrogens is 2. The summed E-state index contributed by atoms with van der Waals surface area (Å²) in [6.45, 7) is 3.26. The summed E-state index contributed by atoms with van der Waals surface area (Å²) < 4.78 is 36.1. The number of rotatable bonds is 9. The number of nitrogens with two attached hydrogens (primary N) is 1. The number of thiazole rings is 1. The molecule has 2 N–H and O–H groups in total. The highest BCUT2D eigenvalue weighted by molar-refractivity contribution is 7.18. The minimum absolute atomic E-state index is 0.0262. The molecule has 1 saturated carbocycles. The van der Waals surface area contributed by atoms with Gasteiger partial charge < -0.3 is 10.5 Å². The number of hydrogen-bond donors (Lipinski definition) is 1. The van der Waals surface area contributed by atoms with Crippen LogP contribution in [0.3, 0.4) is 0 Å². The fourth-order valence-corrected chi connectivity index (χ4v) is 5.89. The molecule has 0 saturated heterocycles. The van der Waals surface area contributed by atoms with E-state index in [1.54, 1.807) is 48.8 Å². The highest BCUT2D eigenvalue weighted by atomic mass is 32.1. The van der Waals surface area contributed by atoms with Crippen LogP contribution in [0.1, 0.15) is 64.6 Å². The summed E-state index contributed by atoms with van der Waals surface area (Å²) in [5.74, 6) is -0.489. The van der Waals surface area contributed by atoms with Crippen LogP contribution in [0.2, 0.25) is 0 Å². The summed E-state index contributed by atoms with van der Waals surface area (Å²) in [5, 5.41) is 1.05. The molecule has 192 valence electrons. The molecule has 2 heterocycles. The molecule has 8 heteroatoms. The van der Waals surface area contributed by atoms with Gasteiger partial charge in [0.1, 0.15) is 22.8 Å². The molecule has 5 nitrogen and oxygen atoms in total.